The zero-order chi connectivity index (χ0) is 10.8. The molecule has 0 spiro atoms. The van der Waals surface area contributed by atoms with Gasteiger partial charge in [-0.2, -0.15) is 0 Å². The molecule has 1 heterocycles. The van der Waals surface area contributed by atoms with Crippen molar-refractivity contribution in [1.29, 1.82) is 0 Å². The molecule has 0 aliphatic heterocycles. The van der Waals surface area contributed by atoms with Gasteiger partial charge in [0.05, 0.1) is 0 Å². The molecule has 2 rings (SSSR count). The molecular formula is C14H19N. The third kappa shape index (κ3) is 1.92. The van der Waals surface area contributed by atoms with Crippen LogP contribution in [0.1, 0.15) is 25.8 Å². The molecule has 15 heavy (non-hydrogen) atoms. The second kappa shape index (κ2) is 4.09. The van der Waals surface area contributed by atoms with Crippen molar-refractivity contribution in [2.24, 2.45) is 5.92 Å². The largest absolute Gasteiger partial charge is 0.347 e. The molecule has 0 saturated carbocycles. The Kier molecular flexibility index (Phi) is 2.81. The highest BCUT2D eigenvalue weighted by Crippen LogP contribution is 2.20. The summed E-state index contributed by atoms with van der Waals surface area (Å²) >= 11 is 0. The quantitative estimate of drug-likeness (QED) is 0.707. The van der Waals surface area contributed by atoms with Crippen molar-refractivity contribution >= 4 is 10.9 Å². The van der Waals surface area contributed by atoms with E-state index in [1.54, 1.807) is 0 Å². The first-order valence-corrected chi connectivity index (χ1v) is 5.77. The minimum absolute atomic E-state index is 0.751. The lowest BCUT2D eigenvalue weighted by Crippen LogP contribution is -2.05. The highest BCUT2D eigenvalue weighted by atomic mass is 15.0. The van der Waals surface area contributed by atoms with Gasteiger partial charge >= 0.3 is 0 Å². The van der Waals surface area contributed by atoms with Gasteiger partial charge in [-0.05, 0) is 30.5 Å². The van der Waals surface area contributed by atoms with Crippen LogP contribution in [0, 0.1) is 12.8 Å². The summed E-state index contributed by atoms with van der Waals surface area (Å²) in [5.41, 5.74) is 2.74. The number of benzene rings is 1. The normalized spacial score (nSPS) is 13.3. The molecule has 1 nitrogen and oxygen atoms in total. The average molecular weight is 201 g/mol. The highest BCUT2D eigenvalue weighted by molar-refractivity contribution is 5.83. The Hall–Kier alpha value is -1.24. The molecule has 0 aliphatic rings. The van der Waals surface area contributed by atoms with E-state index in [1.165, 1.54) is 22.9 Å². The predicted octanol–water partition coefficient (Wildman–Crippen LogP) is 4.00. The van der Waals surface area contributed by atoms with Crippen LogP contribution < -0.4 is 0 Å². The summed E-state index contributed by atoms with van der Waals surface area (Å²) in [6.07, 6.45) is 3.45. The Morgan fingerprint density at radius 2 is 2.07 bits per heavy atom. The van der Waals surface area contributed by atoms with Crippen LogP contribution in [0.25, 0.3) is 10.9 Å². The van der Waals surface area contributed by atoms with E-state index in [4.69, 9.17) is 0 Å². The zero-order valence-corrected chi connectivity index (χ0v) is 9.83. The second-order valence-corrected chi connectivity index (χ2v) is 4.49. The fraction of sp³-hybridized carbons (Fsp3) is 0.429. The molecule has 0 amide bonds. The van der Waals surface area contributed by atoms with Gasteiger partial charge in [0, 0.05) is 23.6 Å². The number of rotatable bonds is 3. The maximum atomic E-state index is 2.37. The maximum absolute atomic E-state index is 2.37. The summed E-state index contributed by atoms with van der Waals surface area (Å²) in [7, 11) is 0. The van der Waals surface area contributed by atoms with Gasteiger partial charge in [0.2, 0.25) is 0 Å². The van der Waals surface area contributed by atoms with Gasteiger partial charge in [-0.1, -0.05) is 32.4 Å². The van der Waals surface area contributed by atoms with Gasteiger partial charge in [-0.25, -0.2) is 0 Å². The number of aryl methyl sites for hydroxylation is 1. The molecule has 1 aromatic carbocycles. The molecular weight excluding hydrogens is 182 g/mol. The summed E-state index contributed by atoms with van der Waals surface area (Å²) in [6.45, 7) is 7.86. The van der Waals surface area contributed by atoms with Crippen molar-refractivity contribution in [3.8, 4) is 0 Å². The fourth-order valence-corrected chi connectivity index (χ4v) is 2.00. The molecule has 0 fully saturated rings. The standard InChI is InChI=1S/C14H19N/c1-4-11(2)10-15-9-8-13-12(3)6-5-7-14(13)15/h5-9,11H,4,10H2,1-3H3. The molecule has 0 saturated heterocycles. The Labute approximate surface area is 91.7 Å². The Morgan fingerprint density at radius 1 is 1.27 bits per heavy atom. The number of hydrogen-bond acceptors (Lipinski definition) is 0. The van der Waals surface area contributed by atoms with Crippen molar-refractivity contribution in [3.05, 3.63) is 36.0 Å². The molecule has 1 heteroatoms. The van der Waals surface area contributed by atoms with Gasteiger partial charge in [0.25, 0.3) is 0 Å². The first kappa shape index (κ1) is 10.3. The third-order valence-electron chi connectivity index (χ3n) is 3.24. The summed E-state index contributed by atoms with van der Waals surface area (Å²) in [5, 5.41) is 1.39. The van der Waals surface area contributed by atoms with Crippen molar-refractivity contribution < 1.29 is 0 Å². The number of hydrogen-bond donors (Lipinski definition) is 0. The Morgan fingerprint density at radius 3 is 2.80 bits per heavy atom. The van der Waals surface area contributed by atoms with Crippen LogP contribution in [0.2, 0.25) is 0 Å². The summed E-state index contributed by atoms with van der Waals surface area (Å²) in [6, 6.07) is 8.76. The van der Waals surface area contributed by atoms with Crippen LogP contribution in [0.15, 0.2) is 30.5 Å². The lowest BCUT2D eigenvalue weighted by Gasteiger charge is -2.11. The molecule has 1 aromatic heterocycles. The van der Waals surface area contributed by atoms with E-state index in [-0.39, 0.29) is 0 Å². The first-order chi connectivity index (χ1) is 7.22. The van der Waals surface area contributed by atoms with Crippen LogP contribution in [-0.2, 0) is 6.54 Å². The molecule has 0 aliphatic carbocycles. The van der Waals surface area contributed by atoms with Crippen LogP contribution in [0.5, 0.6) is 0 Å². The van der Waals surface area contributed by atoms with Gasteiger partial charge < -0.3 is 4.57 Å². The number of fused-ring (bicyclic) bond motifs is 1. The van der Waals surface area contributed by atoms with E-state index in [1.807, 2.05) is 0 Å². The molecule has 1 unspecified atom stereocenters. The van der Waals surface area contributed by atoms with Gasteiger partial charge in [0.15, 0.2) is 0 Å². The van der Waals surface area contributed by atoms with Crippen LogP contribution in [0.4, 0.5) is 0 Å². The van der Waals surface area contributed by atoms with Crippen LogP contribution in [-0.4, -0.2) is 4.57 Å². The van der Waals surface area contributed by atoms with Gasteiger partial charge in [-0.15, -0.1) is 0 Å². The smallest absolute Gasteiger partial charge is 0.0483 e. The minimum Gasteiger partial charge on any atom is -0.347 e. The summed E-state index contributed by atoms with van der Waals surface area (Å²) < 4.78 is 2.37. The molecule has 1 atom stereocenters. The SMILES string of the molecule is CCC(C)Cn1ccc2c(C)cccc21. The third-order valence-corrected chi connectivity index (χ3v) is 3.24. The van der Waals surface area contributed by atoms with Crippen molar-refractivity contribution in [2.45, 2.75) is 33.7 Å². The minimum atomic E-state index is 0.751. The highest BCUT2D eigenvalue weighted by Gasteiger charge is 2.05. The van der Waals surface area contributed by atoms with E-state index in [2.05, 4.69) is 55.8 Å². The summed E-state index contributed by atoms with van der Waals surface area (Å²) in [5.74, 6) is 0.751. The van der Waals surface area contributed by atoms with Crippen LogP contribution >= 0.6 is 0 Å². The lowest BCUT2D eigenvalue weighted by atomic mass is 10.1. The van der Waals surface area contributed by atoms with E-state index in [0.29, 0.717) is 0 Å². The van der Waals surface area contributed by atoms with E-state index in [9.17, 15) is 0 Å². The molecule has 0 N–H and O–H groups in total. The molecule has 80 valence electrons. The number of nitrogens with zero attached hydrogens (tertiary/aromatic N) is 1. The van der Waals surface area contributed by atoms with Crippen molar-refractivity contribution in [2.75, 3.05) is 0 Å². The second-order valence-electron chi connectivity index (χ2n) is 4.49. The van der Waals surface area contributed by atoms with Gasteiger partial charge in [0.1, 0.15) is 0 Å². The van der Waals surface area contributed by atoms with E-state index in [0.717, 1.165) is 12.5 Å². The van der Waals surface area contributed by atoms with E-state index < -0.39 is 0 Å². The molecule has 0 radical (unpaired) electrons. The topological polar surface area (TPSA) is 4.93 Å². The molecule has 0 bridgehead atoms. The van der Waals surface area contributed by atoms with Crippen LogP contribution in [0.3, 0.4) is 0 Å². The Balaban J connectivity index is 2.41. The molecule has 2 aromatic rings. The van der Waals surface area contributed by atoms with Gasteiger partial charge in [-0.3, -0.25) is 0 Å². The van der Waals surface area contributed by atoms with E-state index >= 15 is 0 Å². The fourth-order valence-electron chi connectivity index (χ4n) is 2.00. The van der Waals surface area contributed by atoms with Crippen molar-refractivity contribution in [1.82, 2.24) is 4.57 Å². The summed E-state index contributed by atoms with van der Waals surface area (Å²) in [4.78, 5) is 0. The number of aromatic nitrogens is 1. The monoisotopic (exact) mass is 201 g/mol. The van der Waals surface area contributed by atoms with Crippen molar-refractivity contribution in [3.63, 3.8) is 0 Å². The lowest BCUT2D eigenvalue weighted by molar-refractivity contribution is 0.477. The predicted molar refractivity (Wildman–Crippen MR) is 66.1 cm³/mol. The Bertz CT molecular complexity index is 453. The average Bonchev–Trinajstić information content (AvgIpc) is 2.63. The zero-order valence-electron chi connectivity index (χ0n) is 9.83. The first-order valence-electron chi connectivity index (χ1n) is 5.77. The maximum Gasteiger partial charge on any atom is 0.0483 e.